The number of nitrogens with one attached hydrogen (secondary N) is 1. The van der Waals surface area contributed by atoms with Gasteiger partial charge < -0.3 is 26.2 Å². The van der Waals surface area contributed by atoms with Gasteiger partial charge in [0.15, 0.2) is 0 Å². The van der Waals surface area contributed by atoms with Crippen LogP contribution >= 0.6 is 0 Å². The van der Waals surface area contributed by atoms with Gasteiger partial charge in [-0.25, -0.2) is 4.79 Å². The number of carboxylic acid groups (broad SMARTS) is 1. The fraction of sp³-hybridized carbons (Fsp3) is 0.500. The third-order valence-electron chi connectivity index (χ3n) is 4.54. The topological polar surface area (TPSA) is 133 Å². The van der Waals surface area contributed by atoms with Crippen LogP contribution in [-0.2, 0) is 20.8 Å². The molecule has 142 valence electrons. The largest absolute Gasteiger partial charge is 0.480 e. The van der Waals surface area contributed by atoms with Crippen LogP contribution in [0.25, 0.3) is 0 Å². The Balaban J connectivity index is 2.20. The Bertz CT molecular complexity index is 649. The molecule has 5 N–H and O–H groups in total. The smallest absolute Gasteiger partial charge is 0.326 e. The summed E-state index contributed by atoms with van der Waals surface area (Å²) < 4.78 is 0. The highest BCUT2D eigenvalue weighted by molar-refractivity contribution is 5.92. The number of hydrogen-bond donors (Lipinski definition) is 4. The molecule has 1 fully saturated rings. The number of carboxylic acids is 1. The third kappa shape index (κ3) is 4.80. The van der Waals surface area contributed by atoms with Crippen molar-refractivity contribution in [3.63, 3.8) is 0 Å². The number of benzene rings is 1. The monoisotopic (exact) mass is 363 g/mol. The lowest BCUT2D eigenvalue weighted by Crippen LogP contribution is -2.57. The summed E-state index contributed by atoms with van der Waals surface area (Å²) in [6.07, 6.45) is 0.129. The van der Waals surface area contributed by atoms with E-state index in [-0.39, 0.29) is 6.42 Å². The molecule has 1 aliphatic rings. The average Bonchev–Trinajstić information content (AvgIpc) is 3.10. The van der Waals surface area contributed by atoms with E-state index in [9.17, 15) is 24.6 Å². The van der Waals surface area contributed by atoms with Crippen LogP contribution in [0.5, 0.6) is 0 Å². The van der Waals surface area contributed by atoms with Crippen LogP contribution in [0.3, 0.4) is 0 Å². The maximum Gasteiger partial charge on any atom is 0.326 e. The molecule has 4 atom stereocenters. The van der Waals surface area contributed by atoms with E-state index in [2.05, 4.69) is 5.32 Å². The summed E-state index contributed by atoms with van der Waals surface area (Å²) in [5, 5.41) is 21.4. The first-order chi connectivity index (χ1) is 12.3. The number of carbonyl (C=O) groups is 3. The molecule has 8 heteroatoms. The Kier molecular flexibility index (Phi) is 6.70. The van der Waals surface area contributed by atoms with Gasteiger partial charge in [-0.05, 0) is 25.3 Å². The van der Waals surface area contributed by atoms with E-state index < -0.39 is 42.0 Å². The van der Waals surface area contributed by atoms with Gasteiger partial charge in [-0.2, -0.15) is 0 Å². The van der Waals surface area contributed by atoms with E-state index in [1.165, 1.54) is 11.8 Å². The lowest BCUT2D eigenvalue weighted by molar-refractivity contribution is -0.149. The molecule has 0 saturated carbocycles. The summed E-state index contributed by atoms with van der Waals surface area (Å²) in [7, 11) is 0. The van der Waals surface area contributed by atoms with E-state index >= 15 is 0 Å². The van der Waals surface area contributed by atoms with Gasteiger partial charge in [0.1, 0.15) is 18.1 Å². The van der Waals surface area contributed by atoms with Crippen LogP contribution in [0.4, 0.5) is 0 Å². The molecule has 0 bridgehead atoms. The number of nitrogens with zero attached hydrogens (tertiary/aromatic N) is 1. The molecule has 0 spiro atoms. The number of aliphatic hydroxyl groups is 1. The fourth-order valence-corrected chi connectivity index (χ4v) is 3.02. The second-order valence-corrected chi connectivity index (χ2v) is 6.55. The average molecular weight is 363 g/mol. The second kappa shape index (κ2) is 8.77. The van der Waals surface area contributed by atoms with Crippen molar-refractivity contribution < 1.29 is 24.6 Å². The molecule has 0 aromatic heterocycles. The summed E-state index contributed by atoms with van der Waals surface area (Å²) in [6, 6.07) is 6.10. The van der Waals surface area contributed by atoms with E-state index in [0.29, 0.717) is 19.4 Å². The van der Waals surface area contributed by atoms with Gasteiger partial charge >= 0.3 is 5.97 Å². The fourth-order valence-electron chi connectivity index (χ4n) is 3.02. The molecule has 8 nitrogen and oxygen atoms in total. The molecule has 26 heavy (non-hydrogen) atoms. The minimum absolute atomic E-state index is 0.209. The summed E-state index contributed by atoms with van der Waals surface area (Å²) in [5.41, 5.74) is 6.47. The van der Waals surface area contributed by atoms with Gasteiger partial charge in [0, 0.05) is 13.0 Å². The molecule has 0 unspecified atom stereocenters. The van der Waals surface area contributed by atoms with Crippen LogP contribution in [-0.4, -0.2) is 63.7 Å². The molecular formula is C18H25N3O5. The van der Waals surface area contributed by atoms with Crippen LogP contribution in [0.1, 0.15) is 25.3 Å². The molecule has 1 aromatic carbocycles. The van der Waals surface area contributed by atoms with Gasteiger partial charge in [0.05, 0.1) is 6.10 Å². The molecule has 0 aliphatic carbocycles. The number of carbonyl (C=O) groups excluding carboxylic acids is 2. The molecule has 1 saturated heterocycles. The van der Waals surface area contributed by atoms with Crippen molar-refractivity contribution >= 4 is 17.8 Å². The minimum atomic E-state index is -1.17. The van der Waals surface area contributed by atoms with Crippen molar-refractivity contribution in [2.24, 2.45) is 5.73 Å². The number of hydrogen-bond acceptors (Lipinski definition) is 5. The summed E-state index contributed by atoms with van der Waals surface area (Å²) in [6.45, 7) is 1.72. The van der Waals surface area contributed by atoms with E-state index in [1.54, 1.807) is 0 Å². The van der Waals surface area contributed by atoms with Gasteiger partial charge in [-0.3, -0.25) is 9.59 Å². The van der Waals surface area contributed by atoms with Crippen molar-refractivity contribution in [3.8, 4) is 0 Å². The van der Waals surface area contributed by atoms with Crippen LogP contribution in [0.15, 0.2) is 30.3 Å². The molecule has 1 heterocycles. The first-order valence-electron chi connectivity index (χ1n) is 8.62. The first-order valence-corrected chi connectivity index (χ1v) is 8.62. The van der Waals surface area contributed by atoms with Gasteiger partial charge in [0.25, 0.3) is 0 Å². The number of nitrogens with two attached hydrogens (primary N) is 1. The molecule has 1 aromatic rings. The number of rotatable bonds is 7. The van der Waals surface area contributed by atoms with E-state index in [0.717, 1.165) is 5.56 Å². The quantitative estimate of drug-likeness (QED) is 0.516. The van der Waals surface area contributed by atoms with Gasteiger partial charge in [-0.1, -0.05) is 30.3 Å². The summed E-state index contributed by atoms with van der Waals surface area (Å²) >= 11 is 0. The van der Waals surface area contributed by atoms with Crippen molar-refractivity contribution in [1.29, 1.82) is 0 Å². The zero-order valence-corrected chi connectivity index (χ0v) is 14.7. The van der Waals surface area contributed by atoms with Crippen molar-refractivity contribution in [3.05, 3.63) is 35.9 Å². The molecule has 2 amide bonds. The Hall–Kier alpha value is -2.45. The molecule has 2 rings (SSSR count). The standard InChI is InChI=1S/C18H25N3O5/c1-11(22)15(19)16(23)20-13(10-12-6-3-2-4-7-12)17(24)21-9-5-8-14(21)18(25)26/h2-4,6-7,11,13-15,22H,5,8-10,19H2,1H3,(H,20,23)(H,25,26)/t11-,13+,14-,15+/m1/s1. The van der Waals surface area contributed by atoms with Crippen molar-refractivity contribution in [1.82, 2.24) is 10.2 Å². The number of amides is 2. The Morgan fingerprint density at radius 2 is 1.96 bits per heavy atom. The summed E-state index contributed by atoms with van der Waals surface area (Å²) in [4.78, 5) is 37.9. The first kappa shape index (κ1) is 19.9. The second-order valence-electron chi connectivity index (χ2n) is 6.55. The number of aliphatic hydroxyl groups excluding tert-OH is 1. The van der Waals surface area contributed by atoms with Gasteiger partial charge in [-0.15, -0.1) is 0 Å². The lowest BCUT2D eigenvalue weighted by atomic mass is 10.0. The molecule has 1 aliphatic heterocycles. The van der Waals surface area contributed by atoms with Crippen LogP contribution < -0.4 is 11.1 Å². The highest BCUT2D eigenvalue weighted by Gasteiger charge is 2.38. The number of aliphatic carboxylic acids is 1. The van der Waals surface area contributed by atoms with E-state index in [1.807, 2.05) is 30.3 Å². The normalized spacial score (nSPS) is 20.3. The highest BCUT2D eigenvalue weighted by Crippen LogP contribution is 2.19. The van der Waals surface area contributed by atoms with E-state index in [4.69, 9.17) is 5.73 Å². The van der Waals surface area contributed by atoms with Gasteiger partial charge in [0.2, 0.25) is 11.8 Å². The third-order valence-corrected chi connectivity index (χ3v) is 4.54. The Labute approximate surface area is 152 Å². The highest BCUT2D eigenvalue weighted by atomic mass is 16.4. The zero-order valence-electron chi connectivity index (χ0n) is 14.7. The Morgan fingerprint density at radius 1 is 1.31 bits per heavy atom. The summed E-state index contributed by atoms with van der Waals surface area (Å²) in [5.74, 6) is -2.16. The zero-order chi connectivity index (χ0) is 19.3. The lowest BCUT2D eigenvalue weighted by Gasteiger charge is -2.28. The number of likely N-dealkylation sites (tertiary alicyclic amines) is 1. The predicted molar refractivity (Wildman–Crippen MR) is 94.1 cm³/mol. The molecule has 0 radical (unpaired) electrons. The SMILES string of the molecule is C[C@@H](O)[C@H](N)C(=O)N[C@@H](Cc1ccccc1)C(=O)N1CCC[C@@H]1C(=O)O. The van der Waals surface area contributed by atoms with Crippen molar-refractivity contribution in [2.45, 2.75) is 50.4 Å². The molecular weight excluding hydrogens is 338 g/mol. The van der Waals surface area contributed by atoms with Crippen molar-refractivity contribution in [2.75, 3.05) is 6.54 Å². The minimum Gasteiger partial charge on any atom is -0.480 e. The van der Waals surface area contributed by atoms with Crippen LogP contribution in [0.2, 0.25) is 0 Å². The van der Waals surface area contributed by atoms with Crippen LogP contribution in [0, 0.1) is 0 Å². The predicted octanol–water partition coefficient (Wildman–Crippen LogP) is -0.502. The Morgan fingerprint density at radius 3 is 2.54 bits per heavy atom. The maximum absolute atomic E-state index is 12.9. The maximum atomic E-state index is 12.9.